The number of carbonyl (C=O) groups excluding carboxylic acids is 2. The van der Waals surface area contributed by atoms with Gasteiger partial charge in [-0.2, -0.15) is 0 Å². The molecule has 0 bridgehead atoms. The van der Waals surface area contributed by atoms with Gasteiger partial charge in [0.15, 0.2) is 0 Å². The predicted octanol–water partition coefficient (Wildman–Crippen LogP) is 2.29. The number of hydrogen-bond donors (Lipinski definition) is 2. The lowest BCUT2D eigenvalue weighted by molar-refractivity contribution is -0.122. The molecule has 1 aromatic heterocycles. The lowest BCUT2D eigenvalue weighted by atomic mass is 9.97. The molecule has 0 saturated carbocycles. The summed E-state index contributed by atoms with van der Waals surface area (Å²) in [5.74, 6) is 1.58. The maximum atomic E-state index is 12.5. The topological polar surface area (TPSA) is 85.2 Å². The first-order valence-electron chi connectivity index (χ1n) is 8.49. The Morgan fingerprint density at radius 1 is 1.44 bits per heavy atom. The number of fused-ring (bicyclic) bond motifs is 2. The van der Waals surface area contributed by atoms with Gasteiger partial charge in [0.25, 0.3) is 0 Å². The Morgan fingerprint density at radius 3 is 3.16 bits per heavy atom. The van der Waals surface area contributed by atoms with Gasteiger partial charge in [0, 0.05) is 31.1 Å². The Kier molecular flexibility index (Phi) is 3.91. The Labute approximate surface area is 145 Å². The number of carbonyl (C=O) groups is 2. The molecule has 2 aliphatic heterocycles. The van der Waals surface area contributed by atoms with Crippen molar-refractivity contribution < 1.29 is 14.3 Å². The smallest absolute Gasteiger partial charge is 0.232 e. The Hall–Kier alpha value is -2.83. The minimum Gasteiger partial charge on any atom is -0.497 e. The average Bonchev–Trinajstić information content (AvgIpc) is 3.16. The van der Waals surface area contributed by atoms with Gasteiger partial charge in [-0.1, -0.05) is 6.07 Å². The number of hydrogen-bond acceptors (Lipinski definition) is 4. The van der Waals surface area contributed by atoms with Crippen molar-refractivity contribution in [1.29, 1.82) is 0 Å². The minimum atomic E-state index is -0.482. The number of nitrogens with one attached hydrogen (secondary N) is 2. The minimum absolute atomic E-state index is 0.103. The fourth-order valence-corrected chi connectivity index (χ4v) is 3.53. The lowest BCUT2D eigenvalue weighted by Crippen LogP contribution is -2.22. The molecule has 0 saturated heterocycles. The standard InChI is InChI=1S/C18H20N4O3/c1-25-11-5-6-12-13(18(24)20-14(12)8-11)9-17(23)21-16-10-19-15-4-2-3-7-22(15)16/h5-6,8,10,13H,2-4,7,9H2,1H3,(H,20,24)(H,21,23)/t13-/m1/s1. The van der Waals surface area contributed by atoms with Crippen LogP contribution in [0.4, 0.5) is 11.5 Å². The molecular formula is C18H20N4O3. The van der Waals surface area contributed by atoms with E-state index >= 15 is 0 Å². The molecule has 0 radical (unpaired) electrons. The van der Waals surface area contributed by atoms with Crippen LogP contribution in [0.5, 0.6) is 5.75 Å². The summed E-state index contributed by atoms with van der Waals surface area (Å²) in [6.45, 7) is 0.873. The van der Waals surface area contributed by atoms with E-state index in [0.717, 1.165) is 37.2 Å². The first kappa shape index (κ1) is 15.7. The normalized spacial score (nSPS) is 18.3. The number of aryl methyl sites for hydroxylation is 1. The van der Waals surface area contributed by atoms with Gasteiger partial charge in [-0.3, -0.25) is 9.59 Å². The molecule has 1 aromatic carbocycles. The van der Waals surface area contributed by atoms with Gasteiger partial charge in [-0.05, 0) is 24.5 Å². The first-order chi connectivity index (χ1) is 12.2. The summed E-state index contributed by atoms with van der Waals surface area (Å²) in [5.41, 5.74) is 1.54. The summed E-state index contributed by atoms with van der Waals surface area (Å²) in [6.07, 6.45) is 4.97. The molecule has 130 valence electrons. The molecule has 3 heterocycles. The molecule has 2 N–H and O–H groups in total. The predicted molar refractivity (Wildman–Crippen MR) is 92.8 cm³/mol. The van der Waals surface area contributed by atoms with Gasteiger partial charge < -0.3 is 19.9 Å². The summed E-state index contributed by atoms with van der Waals surface area (Å²) in [5, 5.41) is 5.73. The summed E-state index contributed by atoms with van der Waals surface area (Å²) >= 11 is 0. The van der Waals surface area contributed by atoms with Gasteiger partial charge in [0.2, 0.25) is 11.8 Å². The van der Waals surface area contributed by atoms with Gasteiger partial charge in [0.1, 0.15) is 17.4 Å². The molecule has 25 heavy (non-hydrogen) atoms. The molecule has 7 nitrogen and oxygen atoms in total. The Bertz CT molecular complexity index is 843. The van der Waals surface area contributed by atoms with Crippen molar-refractivity contribution in [3.05, 3.63) is 35.8 Å². The number of nitrogens with zero attached hydrogens (tertiary/aromatic N) is 2. The molecular weight excluding hydrogens is 320 g/mol. The number of methoxy groups -OCH3 is 1. The van der Waals surface area contributed by atoms with Gasteiger partial charge >= 0.3 is 0 Å². The first-order valence-corrected chi connectivity index (χ1v) is 8.49. The second-order valence-corrected chi connectivity index (χ2v) is 6.42. The van der Waals surface area contributed by atoms with Crippen molar-refractivity contribution >= 4 is 23.3 Å². The van der Waals surface area contributed by atoms with Gasteiger partial charge in [-0.25, -0.2) is 4.98 Å². The van der Waals surface area contributed by atoms with Crippen LogP contribution in [0.2, 0.25) is 0 Å². The van der Waals surface area contributed by atoms with Crippen molar-refractivity contribution in [1.82, 2.24) is 9.55 Å². The SMILES string of the molecule is COc1ccc2c(c1)NC(=O)[C@@H]2CC(=O)Nc1cnc2n1CCCC2. The molecule has 0 unspecified atom stereocenters. The molecule has 4 rings (SSSR count). The molecule has 0 spiro atoms. The highest BCUT2D eigenvalue weighted by Crippen LogP contribution is 2.37. The summed E-state index contributed by atoms with van der Waals surface area (Å²) in [4.78, 5) is 29.1. The number of rotatable bonds is 4. The highest BCUT2D eigenvalue weighted by Gasteiger charge is 2.32. The van der Waals surface area contributed by atoms with Gasteiger partial charge in [-0.15, -0.1) is 0 Å². The number of imidazole rings is 1. The fourth-order valence-electron chi connectivity index (χ4n) is 3.53. The summed E-state index contributed by atoms with van der Waals surface area (Å²) in [7, 11) is 1.58. The second kappa shape index (κ2) is 6.23. The number of aromatic nitrogens is 2. The Morgan fingerprint density at radius 2 is 2.32 bits per heavy atom. The highest BCUT2D eigenvalue weighted by molar-refractivity contribution is 6.06. The number of amides is 2. The molecule has 0 fully saturated rings. The molecule has 2 aliphatic rings. The van der Waals surface area contributed by atoms with Crippen molar-refractivity contribution in [3.8, 4) is 5.75 Å². The van der Waals surface area contributed by atoms with E-state index in [-0.39, 0.29) is 18.2 Å². The van der Waals surface area contributed by atoms with Gasteiger partial charge in [0.05, 0.1) is 19.2 Å². The zero-order valence-corrected chi connectivity index (χ0v) is 14.0. The van der Waals surface area contributed by atoms with Crippen LogP contribution < -0.4 is 15.4 Å². The molecule has 0 aliphatic carbocycles. The highest BCUT2D eigenvalue weighted by atomic mass is 16.5. The summed E-state index contributed by atoms with van der Waals surface area (Å²) in [6, 6.07) is 5.42. The van der Waals surface area contributed by atoms with Crippen LogP contribution in [0.1, 0.15) is 36.6 Å². The third kappa shape index (κ3) is 2.86. The van der Waals surface area contributed by atoms with Crippen molar-refractivity contribution in [3.63, 3.8) is 0 Å². The largest absolute Gasteiger partial charge is 0.497 e. The van der Waals surface area contributed by atoms with Crippen LogP contribution in [-0.2, 0) is 22.6 Å². The second-order valence-electron chi connectivity index (χ2n) is 6.42. The van der Waals surface area contributed by atoms with Crippen LogP contribution in [0.25, 0.3) is 0 Å². The van der Waals surface area contributed by atoms with E-state index in [9.17, 15) is 9.59 Å². The van der Waals surface area contributed by atoms with E-state index in [4.69, 9.17) is 4.74 Å². The molecule has 1 atom stereocenters. The Balaban J connectivity index is 1.48. The van der Waals surface area contributed by atoms with Crippen LogP contribution in [0, 0.1) is 0 Å². The third-order valence-electron chi connectivity index (χ3n) is 4.84. The van der Waals surface area contributed by atoms with Crippen LogP contribution in [0.15, 0.2) is 24.4 Å². The quantitative estimate of drug-likeness (QED) is 0.894. The van der Waals surface area contributed by atoms with Crippen LogP contribution >= 0.6 is 0 Å². The maximum Gasteiger partial charge on any atom is 0.232 e. The van der Waals surface area contributed by atoms with E-state index in [1.807, 2.05) is 6.07 Å². The fraction of sp³-hybridized carbons (Fsp3) is 0.389. The van der Waals surface area contributed by atoms with Crippen LogP contribution in [0.3, 0.4) is 0 Å². The van der Waals surface area contributed by atoms with E-state index in [1.54, 1.807) is 25.4 Å². The van der Waals surface area contributed by atoms with Crippen molar-refractivity contribution in [2.45, 2.75) is 38.1 Å². The zero-order chi connectivity index (χ0) is 17.4. The number of anilines is 2. The monoisotopic (exact) mass is 340 g/mol. The summed E-state index contributed by atoms with van der Waals surface area (Å²) < 4.78 is 7.22. The van der Waals surface area contributed by atoms with Crippen LogP contribution in [-0.4, -0.2) is 28.5 Å². The molecule has 2 amide bonds. The van der Waals surface area contributed by atoms with E-state index in [2.05, 4.69) is 20.2 Å². The van der Waals surface area contributed by atoms with E-state index in [1.165, 1.54) is 0 Å². The van der Waals surface area contributed by atoms with E-state index in [0.29, 0.717) is 17.3 Å². The average molecular weight is 340 g/mol. The maximum absolute atomic E-state index is 12.5. The number of benzene rings is 1. The number of ether oxygens (including phenoxy) is 1. The lowest BCUT2D eigenvalue weighted by Gasteiger charge is -2.17. The molecule has 7 heteroatoms. The zero-order valence-electron chi connectivity index (χ0n) is 14.0. The van der Waals surface area contributed by atoms with Crippen molar-refractivity contribution in [2.24, 2.45) is 0 Å². The molecule has 2 aromatic rings. The third-order valence-corrected chi connectivity index (χ3v) is 4.84. The van der Waals surface area contributed by atoms with Crippen molar-refractivity contribution in [2.75, 3.05) is 17.7 Å². The van der Waals surface area contributed by atoms with E-state index < -0.39 is 5.92 Å².